The molecule has 0 fully saturated rings. The first-order valence-corrected chi connectivity index (χ1v) is 6.82. The maximum absolute atomic E-state index is 5.50. The zero-order valence-corrected chi connectivity index (χ0v) is 11.8. The lowest BCUT2D eigenvalue weighted by Gasteiger charge is -2.15. The Kier molecular flexibility index (Phi) is 4.09. The molecule has 4 nitrogen and oxygen atoms in total. The SMILES string of the molecule is CN(CCN)c1ccc(-c2ccc(Br)s2)nn1. The third-order valence-corrected chi connectivity index (χ3v) is 3.98. The van der Waals surface area contributed by atoms with Crippen molar-refractivity contribution in [1.82, 2.24) is 10.2 Å². The number of rotatable bonds is 4. The third-order valence-electron chi connectivity index (χ3n) is 2.33. The predicted octanol–water partition coefficient (Wildman–Crippen LogP) is 2.36. The Hall–Kier alpha value is -0.980. The zero-order chi connectivity index (χ0) is 12.3. The summed E-state index contributed by atoms with van der Waals surface area (Å²) in [6.45, 7) is 1.39. The number of aromatic nitrogens is 2. The van der Waals surface area contributed by atoms with E-state index >= 15 is 0 Å². The molecule has 0 spiro atoms. The van der Waals surface area contributed by atoms with Crippen LogP contribution in [0.4, 0.5) is 5.82 Å². The van der Waals surface area contributed by atoms with Crippen LogP contribution in [0.2, 0.25) is 0 Å². The summed E-state index contributed by atoms with van der Waals surface area (Å²) < 4.78 is 1.10. The van der Waals surface area contributed by atoms with Crippen LogP contribution in [0.3, 0.4) is 0 Å². The molecule has 0 atom stereocenters. The van der Waals surface area contributed by atoms with Gasteiger partial charge in [-0.3, -0.25) is 0 Å². The van der Waals surface area contributed by atoms with E-state index in [-0.39, 0.29) is 0 Å². The summed E-state index contributed by atoms with van der Waals surface area (Å²) in [5, 5.41) is 8.42. The average molecular weight is 313 g/mol. The number of halogens is 1. The van der Waals surface area contributed by atoms with E-state index in [0.717, 1.165) is 26.7 Å². The summed E-state index contributed by atoms with van der Waals surface area (Å²) in [6, 6.07) is 7.98. The number of nitrogens with zero attached hydrogens (tertiary/aromatic N) is 3. The molecule has 90 valence electrons. The molecule has 2 N–H and O–H groups in total. The number of thiophene rings is 1. The molecule has 0 radical (unpaired) electrons. The second kappa shape index (κ2) is 5.57. The van der Waals surface area contributed by atoms with Crippen molar-refractivity contribution in [3.8, 4) is 10.6 Å². The van der Waals surface area contributed by atoms with Crippen molar-refractivity contribution in [2.45, 2.75) is 0 Å². The van der Waals surface area contributed by atoms with Crippen molar-refractivity contribution in [2.24, 2.45) is 5.73 Å². The van der Waals surface area contributed by atoms with Crippen molar-refractivity contribution in [3.05, 3.63) is 28.1 Å². The van der Waals surface area contributed by atoms with E-state index in [9.17, 15) is 0 Å². The van der Waals surface area contributed by atoms with Gasteiger partial charge in [0.05, 0.1) is 8.66 Å². The smallest absolute Gasteiger partial charge is 0.151 e. The Morgan fingerprint density at radius 1 is 1.29 bits per heavy atom. The van der Waals surface area contributed by atoms with Crippen molar-refractivity contribution in [3.63, 3.8) is 0 Å². The molecule has 2 aromatic rings. The number of likely N-dealkylation sites (N-methyl/N-ethyl adjacent to an activating group) is 1. The van der Waals surface area contributed by atoms with Gasteiger partial charge in [0.1, 0.15) is 5.69 Å². The Balaban J connectivity index is 2.18. The van der Waals surface area contributed by atoms with Gasteiger partial charge in [-0.2, -0.15) is 0 Å². The van der Waals surface area contributed by atoms with Crippen LogP contribution in [0.25, 0.3) is 10.6 Å². The Morgan fingerprint density at radius 3 is 2.65 bits per heavy atom. The predicted molar refractivity (Wildman–Crippen MR) is 75.4 cm³/mol. The largest absolute Gasteiger partial charge is 0.357 e. The molecule has 17 heavy (non-hydrogen) atoms. The van der Waals surface area contributed by atoms with Gasteiger partial charge in [0.25, 0.3) is 0 Å². The van der Waals surface area contributed by atoms with E-state index in [4.69, 9.17) is 5.73 Å². The zero-order valence-electron chi connectivity index (χ0n) is 9.43. The third kappa shape index (κ3) is 3.02. The van der Waals surface area contributed by atoms with E-state index < -0.39 is 0 Å². The van der Waals surface area contributed by atoms with E-state index in [1.165, 1.54) is 0 Å². The van der Waals surface area contributed by atoms with Crippen LogP contribution in [0.1, 0.15) is 0 Å². The quantitative estimate of drug-likeness (QED) is 0.941. The number of nitrogens with two attached hydrogens (primary N) is 1. The van der Waals surface area contributed by atoms with Gasteiger partial charge in [0, 0.05) is 20.1 Å². The van der Waals surface area contributed by atoms with E-state index in [1.54, 1.807) is 11.3 Å². The van der Waals surface area contributed by atoms with Gasteiger partial charge in [-0.05, 0) is 40.2 Å². The first-order chi connectivity index (χ1) is 8.20. The van der Waals surface area contributed by atoms with Gasteiger partial charge in [-0.15, -0.1) is 21.5 Å². The average Bonchev–Trinajstić information content (AvgIpc) is 2.76. The second-order valence-electron chi connectivity index (χ2n) is 3.59. The van der Waals surface area contributed by atoms with Crippen LogP contribution in [-0.4, -0.2) is 30.3 Å². The van der Waals surface area contributed by atoms with E-state index in [0.29, 0.717) is 6.54 Å². The van der Waals surface area contributed by atoms with Gasteiger partial charge in [0.15, 0.2) is 5.82 Å². The van der Waals surface area contributed by atoms with Crippen molar-refractivity contribution >= 4 is 33.1 Å². The summed E-state index contributed by atoms with van der Waals surface area (Å²) in [5.41, 5.74) is 6.39. The van der Waals surface area contributed by atoms with E-state index in [2.05, 4.69) is 26.1 Å². The van der Waals surface area contributed by atoms with Crippen LogP contribution in [-0.2, 0) is 0 Å². The fraction of sp³-hybridized carbons (Fsp3) is 0.273. The molecule has 0 aromatic carbocycles. The van der Waals surface area contributed by atoms with Crippen molar-refractivity contribution < 1.29 is 0 Å². The Labute approximate surface area is 113 Å². The van der Waals surface area contributed by atoms with Gasteiger partial charge >= 0.3 is 0 Å². The lowest BCUT2D eigenvalue weighted by atomic mass is 10.3. The maximum atomic E-state index is 5.50. The molecule has 0 unspecified atom stereocenters. The van der Waals surface area contributed by atoms with Crippen molar-refractivity contribution in [1.29, 1.82) is 0 Å². The summed E-state index contributed by atoms with van der Waals surface area (Å²) in [4.78, 5) is 3.10. The summed E-state index contributed by atoms with van der Waals surface area (Å²) >= 11 is 5.08. The summed E-state index contributed by atoms with van der Waals surface area (Å²) in [5.74, 6) is 0.842. The fourth-order valence-corrected chi connectivity index (χ4v) is 2.77. The molecule has 0 aliphatic heterocycles. The number of hydrogen-bond acceptors (Lipinski definition) is 5. The minimum atomic E-state index is 0.609. The van der Waals surface area contributed by atoms with Gasteiger partial charge in [-0.25, -0.2) is 0 Å². The molecule has 0 saturated heterocycles. The van der Waals surface area contributed by atoms with Crippen LogP contribution in [0.5, 0.6) is 0 Å². The highest BCUT2D eigenvalue weighted by Gasteiger charge is 2.06. The summed E-state index contributed by atoms with van der Waals surface area (Å²) in [6.07, 6.45) is 0. The maximum Gasteiger partial charge on any atom is 0.151 e. The molecule has 0 bridgehead atoms. The van der Waals surface area contributed by atoms with E-state index in [1.807, 2.05) is 36.2 Å². The molecule has 6 heteroatoms. The molecule has 2 rings (SSSR count). The van der Waals surface area contributed by atoms with Crippen LogP contribution >= 0.6 is 27.3 Å². The molecule has 0 aliphatic carbocycles. The molecule has 0 aliphatic rings. The fourth-order valence-electron chi connectivity index (χ4n) is 1.42. The highest BCUT2D eigenvalue weighted by molar-refractivity contribution is 9.11. The van der Waals surface area contributed by atoms with Gasteiger partial charge in [-0.1, -0.05) is 0 Å². The minimum Gasteiger partial charge on any atom is -0.357 e. The minimum absolute atomic E-state index is 0.609. The number of hydrogen-bond donors (Lipinski definition) is 1. The Bertz CT molecular complexity index is 482. The lowest BCUT2D eigenvalue weighted by Crippen LogP contribution is -2.25. The molecular formula is C11H13BrN4S. The molecular weight excluding hydrogens is 300 g/mol. The first-order valence-electron chi connectivity index (χ1n) is 5.21. The standard InChI is InChI=1S/C11H13BrN4S/c1-16(7-6-13)11-5-2-8(14-15-11)9-3-4-10(12)17-9/h2-5H,6-7,13H2,1H3. The highest BCUT2D eigenvalue weighted by Crippen LogP contribution is 2.29. The molecule has 0 saturated carbocycles. The molecule has 2 aromatic heterocycles. The van der Waals surface area contributed by atoms with Crippen molar-refractivity contribution in [2.75, 3.05) is 25.0 Å². The van der Waals surface area contributed by atoms with Crippen LogP contribution < -0.4 is 10.6 Å². The monoisotopic (exact) mass is 312 g/mol. The van der Waals surface area contributed by atoms with Crippen LogP contribution in [0, 0.1) is 0 Å². The molecule has 2 heterocycles. The first kappa shape index (κ1) is 12.5. The molecule has 0 amide bonds. The Morgan fingerprint density at radius 2 is 2.12 bits per heavy atom. The van der Waals surface area contributed by atoms with Crippen LogP contribution in [0.15, 0.2) is 28.1 Å². The summed E-state index contributed by atoms with van der Waals surface area (Å²) in [7, 11) is 1.96. The van der Waals surface area contributed by atoms with Gasteiger partial charge in [0.2, 0.25) is 0 Å². The topological polar surface area (TPSA) is 55.0 Å². The number of anilines is 1. The normalized spacial score (nSPS) is 10.5. The lowest BCUT2D eigenvalue weighted by molar-refractivity contribution is 0.849. The highest BCUT2D eigenvalue weighted by atomic mass is 79.9. The van der Waals surface area contributed by atoms with Gasteiger partial charge < -0.3 is 10.6 Å². The second-order valence-corrected chi connectivity index (χ2v) is 6.05.